The lowest BCUT2D eigenvalue weighted by molar-refractivity contribution is 0.0971. The van der Waals surface area contributed by atoms with E-state index in [9.17, 15) is 9.90 Å². The quantitative estimate of drug-likeness (QED) is 0.722. The molecule has 0 aliphatic carbocycles. The lowest BCUT2D eigenvalue weighted by Crippen LogP contribution is -2.14. The Bertz CT molecular complexity index is 724. The molecule has 0 amide bonds. The van der Waals surface area contributed by atoms with E-state index in [1.807, 2.05) is 60.7 Å². The van der Waals surface area contributed by atoms with E-state index >= 15 is 0 Å². The van der Waals surface area contributed by atoms with Crippen LogP contribution in [-0.4, -0.2) is 10.9 Å². The monoisotopic (exact) mass is 288 g/mol. The Hall–Kier alpha value is -2.87. The maximum Gasteiger partial charge on any atom is 0.178 e. The average Bonchev–Trinajstić information content (AvgIpc) is 2.57. The molecule has 108 valence electrons. The van der Waals surface area contributed by atoms with E-state index in [0.717, 1.165) is 11.1 Å². The summed E-state index contributed by atoms with van der Waals surface area (Å²) in [7, 11) is 0. The molecule has 0 saturated carbocycles. The molecule has 0 radical (unpaired) electrons. The number of para-hydroxylation sites is 1. The average molecular weight is 288 g/mol. The minimum atomic E-state index is -0.421. The first-order valence-corrected chi connectivity index (χ1v) is 7.19. The highest BCUT2D eigenvalue weighted by atomic mass is 16.3. The van der Waals surface area contributed by atoms with Crippen LogP contribution in [0.3, 0.4) is 0 Å². The second-order valence-corrected chi connectivity index (χ2v) is 5.14. The number of carbonyl (C=O) groups excluding carboxylic acids is 1. The number of rotatable bonds is 4. The van der Waals surface area contributed by atoms with Crippen LogP contribution < -0.4 is 0 Å². The molecule has 0 atom stereocenters. The highest BCUT2D eigenvalue weighted by Crippen LogP contribution is 2.31. The first-order valence-electron chi connectivity index (χ1n) is 7.19. The second kappa shape index (κ2) is 6.27. The van der Waals surface area contributed by atoms with Crippen LogP contribution in [0.15, 0.2) is 84.9 Å². The van der Waals surface area contributed by atoms with Gasteiger partial charge in [0.05, 0.1) is 11.5 Å². The molecule has 0 spiro atoms. The number of aromatic hydroxyl groups is 1. The van der Waals surface area contributed by atoms with Crippen LogP contribution in [0.4, 0.5) is 0 Å². The van der Waals surface area contributed by atoms with Gasteiger partial charge in [0, 0.05) is 0 Å². The van der Waals surface area contributed by atoms with Crippen molar-refractivity contribution in [2.24, 2.45) is 0 Å². The van der Waals surface area contributed by atoms with Gasteiger partial charge in [-0.15, -0.1) is 0 Å². The van der Waals surface area contributed by atoms with Gasteiger partial charge in [-0.05, 0) is 23.3 Å². The van der Waals surface area contributed by atoms with Gasteiger partial charge < -0.3 is 5.11 Å². The molecule has 0 aliphatic heterocycles. The molecule has 3 rings (SSSR count). The summed E-state index contributed by atoms with van der Waals surface area (Å²) in [4.78, 5) is 13.0. The summed E-state index contributed by atoms with van der Waals surface area (Å²) in [5, 5.41) is 10.0. The van der Waals surface area contributed by atoms with Crippen LogP contribution in [0.25, 0.3) is 0 Å². The van der Waals surface area contributed by atoms with Crippen molar-refractivity contribution >= 4 is 5.78 Å². The number of phenolic OH excluding ortho intramolecular Hbond substituents is 1. The molecule has 22 heavy (non-hydrogen) atoms. The zero-order valence-electron chi connectivity index (χ0n) is 12.0. The molecule has 3 aromatic rings. The number of hydrogen-bond donors (Lipinski definition) is 1. The van der Waals surface area contributed by atoms with Crippen LogP contribution >= 0.6 is 0 Å². The van der Waals surface area contributed by atoms with Gasteiger partial charge in [0.2, 0.25) is 0 Å². The van der Waals surface area contributed by atoms with Gasteiger partial charge in [-0.2, -0.15) is 0 Å². The van der Waals surface area contributed by atoms with Crippen LogP contribution in [-0.2, 0) is 0 Å². The van der Waals surface area contributed by atoms with Crippen molar-refractivity contribution in [3.8, 4) is 5.75 Å². The van der Waals surface area contributed by atoms with Crippen molar-refractivity contribution in [1.29, 1.82) is 0 Å². The SMILES string of the molecule is O=C(c1ccccc1O)C(c1ccccc1)c1ccccc1. The molecule has 0 bridgehead atoms. The fraction of sp³-hybridized carbons (Fsp3) is 0.0500. The van der Waals surface area contributed by atoms with E-state index in [4.69, 9.17) is 0 Å². The van der Waals surface area contributed by atoms with E-state index in [1.54, 1.807) is 24.3 Å². The standard InChI is InChI=1S/C20H16O2/c21-18-14-8-7-13-17(18)20(22)19(15-9-3-1-4-10-15)16-11-5-2-6-12-16/h1-14,19,21H. The molecule has 2 heteroatoms. The van der Waals surface area contributed by atoms with Crippen LogP contribution in [0.5, 0.6) is 5.75 Å². The molecule has 2 nitrogen and oxygen atoms in total. The highest BCUT2D eigenvalue weighted by molar-refractivity contribution is 6.05. The summed E-state index contributed by atoms with van der Waals surface area (Å²) >= 11 is 0. The zero-order chi connectivity index (χ0) is 15.4. The van der Waals surface area contributed by atoms with Crippen LogP contribution in [0, 0.1) is 0 Å². The maximum absolute atomic E-state index is 13.0. The Morgan fingerprint density at radius 1 is 0.682 bits per heavy atom. The van der Waals surface area contributed by atoms with Crippen molar-refractivity contribution in [3.63, 3.8) is 0 Å². The lowest BCUT2D eigenvalue weighted by Gasteiger charge is -2.17. The van der Waals surface area contributed by atoms with Crippen molar-refractivity contribution in [3.05, 3.63) is 102 Å². The van der Waals surface area contributed by atoms with Crippen molar-refractivity contribution < 1.29 is 9.90 Å². The predicted octanol–water partition coefficient (Wildman–Crippen LogP) is 4.41. The lowest BCUT2D eigenvalue weighted by atomic mass is 9.84. The van der Waals surface area contributed by atoms with Gasteiger partial charge in [-0.1, -0.05) is 72.8 Å². The summed E-state index contributed by atoms with van der Waals surface area (Å²) in [5.74, 6) is -0.504. The van der Waals surface area contributed by atoms with E-state index < -0.39 is 5.92 Å². The minimum Gasteiger partial charge on any atom is -0.507 e. The molecule has 3 aromatic carbocycles. The molecule has 0 aliphatic rings. The molecular weight excluding hydrogens is 272 g/mol. The Labute approximate surface area is 129 Å². The van der Waals surface area contributed by atoms with Gasteiger partial charge in [0.15, 0.2) is 5.78 Å². The maximum atomic E-state index is 13.0. The van der Waals surface area contributed by atoms with Gasteiger partial charge in [0.1, 0.15) is 5.75 Å². The van der Waals surface area contributed by atoms with Gasteiger partial charge in [-0.25, -0.2) is 0 Å². The van der Waals surface area contributed by atoms with E-state index in [0.29, 0.717) is 5.56 Å². The third-order valence-electron chi connectivity index (χ3n) is 3.70. The van der Waals surface area contributed by atoms with Crippen molar-refractivity contribution in [2.75, 3.05) is 0 Å². The third kappa shape index (κ3) is 2.77. The van der Waals surface area contributed by atoms with E-state index in [2.05, 4.69) is 0 Å². The minimum absolute atomic E-state index is 0.0179. The third-order valence-corrected chi connectivity index (χ3v) is 3.70. The molecule has 0 fully saturated rings. The summed E-state index contributed by atoms with van der Waals surface area (Å²) in [6.07, 6.45) is 0. The molecule has 0 saturated heterocycles. The van der Waals surface area contributed by atoms with Gasteiger partial charge >= 0.3 is 0 Å². The van der Waals surface area contributed by atoms with Crippen LogP contribution in [0.1, 0.15) is 27.4 Å². The Kier molecular flexibility index (Phi) is 4.01. The molecule has 0 heterocycles. The summed E-state index contributed by atoms with van der Waals surface area (Å²) < 4.78 is 0. The fourth-order valence-corrected chi connectivity index (χ4v) is 2.62. The van der Waals surface area contributed by atoms with Crippen LogP contribution in [0.2, 0.25) is 0 Å². The smallest absolute Gasteiger partial charge is 0.178 e. The summed E-state index contributed by atoms with van der Waals surface area (Å²) in [5.41, 5.74) is 2.18. The van der Waals surface area contributed by atoms with Crippen molar-refractivity contribution in [1.82, 2.24) is 0 Å². The van der Waals surface area contributed by atoms with Gasteiger partial charge in [-0.3, -0.25) is 4.79 Å². The number of phenols is 1. The first-order chi connectivity index (χ1) is 10.8. The predicted molar refractivity (Wildman–Crippen MR) is 87.2 cm³/mol. The Balaban J connectivity index is 2.11. The number of ketones is 1. The Morgan fingerprint density at radius 3 is 1.64 bits per heavy atom. The fourth-order valence-electron chi connectivity index (χ4n) is 2.62. The summed E-state index contributed by atoms with van der Waals surface area (Å²) in [6.45, 7) is 0. The van der Waals surface area contributed by atoms with Gasteiger partial charge in [0.25, 0.3) is 0 Å². The normalized spacial score (nSPS) is 10.6. The second-order valence-electron chi connectivity index (χ2n) is 5.14. The molecule has 0 unspecified atom stereocenters. The largest absolute Gasteiger partial charge is 0.507 e. The van der Waals surface area contributed by atoms with E-state index in [1.165, 1.54) is 0 Å². The molecular formula is C20H16O2. The number of carbonyl (C=O) groups is 1. The number of hydrogen-bond acceptors (Lipinski definition) is 2. The van der Waals surface area contributed by atoms with E-state index in [-0.39, 0.29) is 11.5 Å². The van der Waals surface area contributed by atoms with Crippen molar-refractivity contribution in [2.45, 2.75) is 5.92 Å². The topological polar surface area (TPSA) is 37.3 Å². The Morgan fingerprint density at radius 2 is 1.14 bits per heavy atom. The first kappa shape index (κ1) is 14.1. The molecule has 1 N–H and O–H groups in total. The number of benzene rings is 3. The number of Topliss-reactive ketones (excluding diaryl/α,β-unsaturated/α-hetero) is 1. The highest BCUT2D eigenvalue weighted by Gasteiger charge is 2.25. The zero-order valence-corrected chi connectivity index (χ0v) is 12.0. The summed E-state index contributed by atoms with van der Waals surface area (Å²) in [6, 6.07) is 26.0. The molecule has 0 aromatic heterocycles.